The van der Waals surface area contributed by atoms with E-state index in [1.54, 1.807) is 65.8 Å². The van der Waals surface area contributed by atoms with Gasteiger partial charge in [0.15, 0.2) is 0 Å². The summed E-state index contributed by atoms with van der Waals surface area (Å²) in [5, 5.41) is 23.0. The van der Waals surface area contributed by atoms with E-state index in [9.17, 15) is 33.9 Å². The van der Waals surface area contributed by atoms with Crippen LogP contribution in [0.5, 0.6) is 0 Å². The minimum atomic E-state index is -1.40. The molecule has 260 valence electrons. The maximum atomic E-state index is 13.8. The third kappa shape index (κ3) is 13.8. The number of hydrogen-bond acceptors (Lipinski definition) is 9. The van der Waals surface area contributed by atoms with E-state index in [1.165, 1.54) is 12.2 Å². The van der Waals surface area contributed by atoms with Crippen LogP contribution in [0.25, 0.3) is 0 Å². The number of carbonyl (C=O) groups is 6. The maximum Gasteiger partial charge on any atom is 0.408 e. The molecule has 0 saturated carbocycles. The van der Waals surface area contributed by atoms with Crippen molar-refractivity contribution >= 4 is 35.7 Å². The summed E-state index contributed by atoms with van der Waals surface area (Å²) >= 11 is 0. The summed E-state index contributed by atoms with van der Waals surface area (Å²) in [6.45, 7) is 9.90. The van der Waals surface area contributed by atoms with Crippen molar-refractivity contribution in [2.75, 3.05) is 19.8 Å². The first-order valence-corrected chi connectivity index (χ1v) is 15.8. The van der Waals surface area contributed by atoms with E-state index < -0.39 is 72.1 Å². The number of benzene rings is 1. The Morgan fingerprint density at radius 1 is 0.979 bits per heavy atom. The predicted molar refractivity (Wildman–Crippen MR) is 173 cm³/mol. The molecule has 14 nitrogen and oxygen atoms in total. The van der Waals surface area contributed by atoms with Gasteiger partial charge in [-0.1, -0.05) is 50.3 Å². The molecular formula is C33H49N5O9. The van der Waals surface area contributed by atoms with E-state index >= 15 is 0 Å². The molecule has 0 aliphatic carbocycles. The lowest BCUT2D eigenvalue weighted by molar-refractivity contribution is -0.137. The molecule has 0 spiro atoms. The molecule has 1 aliphatic rings. The van der Waals surface area contributed by atoms with Crippen molar-refractivity contribution in [3.8, 4) is 0 Å². The zero-order chi connectivity index (χ0) is 35.1. The van der Waals surface area contributed by atoms with E-state index in [0.717, 1.165) is 5.56 Å². The summed E-state index contributed by atoms with van der Waals surface area (Å²) in [6.07, 6.45) is 2.62. The molecule has 47 heavy (non-hydrogen) atoms. The van der Waals surface area contributed by atoms with Gasteiger partial charge in [0.2, 0.25) is 23.6 Å². The van der Waals surface area contributed by atoms with Crippen molar-refractivity contribution in [3.63, 3.8) is 0 Å². The van der Waals surface area contributed by atoms with E-state index in [4.69, 9.17) is 9.47 Å². The number of nitrogens with one attached hydrogen (secondary N) is 5. The van der Waals surface area contributed by atoms with Crippen LogP contribution in [-0.4, -0.2) is 90.3 Å². The smallest absolute Gasteiger partial charge is 0.408 e. The topological polar surface area (TPSA) is 201 Å². The molecule has 6 N–H and O–H groups in total. The van der Waals surface area contributed by atoms with Gasteiger partial charge in [-0.05, 0) is 52.0 Å². The molecule has 14 heteroatoms. The first-order valence-electron chi connectivity index (χ1n) is 15.8. The molecule has 5 amide bonds. The number of aliphatic hydroxyl groups is 1. The summed E-state index contributed by atoms with van der Waals surface area (Å²) in [7, 11) is 0. The summed E-state index contributed by atoms with van der Waals surface area (Å²) in [4.78, 5) is 77.0. The van der Waals surface area contributed by atoms with E-state index in [0.29, 0.717) is 13.0 Å². The van der Waals surface area contributed by atoms with Crippen LogP contribution in [0.3, 0.4) is 0 Å². The number of aliphatic hydroxyl groups excluding tert-OH is 1. The van der Waals surface area contributed by atoms with Crippen LogP contribution < -0.4 is 26.6 Å². The Bertz CT molecular complexity index is 1260. The fourth-order valence-corrected chi connectivity index (χ4v) is 4.78. The van der Waals surface area contributed by atoms with Gasteiger partial charge < -0.3 is 41.2 Å². The Morgan fingerprint density at radius 3 is 2.19 bits per heavy atom. The molecule has 1 aliphatic heterocycles. The Kier molecular flexibility index (Phi) is 15.3. The van der Waals surface area contributed by atoms with E-state index in [1.807, 2.05) is 6.07 Å². The number of rotatable bonds is 16. The van der Waals surface area contributed by atoms with Gasteiger partial charge in [0.05, 0.1) is 13.2 Å². The molecule has 1 aromatic carbocycles. The first kappa shape index (κ1) is 38.7. The average Bonchev–Trinajstić information content (AvgIpc) is 3.40. The highest BCUT2D eigenvalue weighted by atomic mass is 16.6. The minimum absolute atomic E-state index is 0.0921. The van der Waals surface area contributed by atoms with Gasteiger partial charge in [-0.3, -0.25) is 19.2 Å². The van der Waals surface area contributed by atoms with Crippen molar-refractivity contribution < 1.29 is 43.3 Å². The summed E-state index contributed by atoms with van der Waals surface area (Å²) < 4.78 is 10.1. The van der Waals surface area contributed by atoms with E-state index in [-0.39, 0.29) is 31.3 Å². The molecule has 0 radical (unpaired) electrons. The fraction of sp³-hybridized carbons (Fsp3) is 0.576. The summed E-state index contributed by atoms with van der Waals surface area (Å²) in [5.74, 6) is -3.67. The number of carbonyl (C=O) groups excluding carboxylic acids is 6. The zero-order valence-corrected chi connectivity index (χ0v) is 28.0. The lowest BCUT2D eigenvalue weighted by atomic mass is 9.97. The third-order valence-corrected chi connectivity index (χ3v) is 7.13. The van der Waals surface area contributed by atoms with Gasteiger partial charge in [-0.2, -0.15) is 0 Å². The number of ether oxygens (including phenoxy) is 2. The van der Waals surface area contributed by atoms with Crippen LogP contribution in [0.4, 0.5) is 4.79 Å². The summed E-state index contributed by atoms with van der Waals surface area (Å²) in [6, 6.07) is 4.58. The molecule has 0 bridgehead atoms. The molecule has 2 rings (SSSR count). The molecule has 1 aromatic rings. The highest BCUT2D eigenvalue weighted by Gasteiger charge is 2.33. The SMILES string of the molecule is CCOC(=O)/C=C/[C@H](C[C@@H]1CCNC1=O)NC(=O)[C@H](Cc1ccccc1)NC(=O)[C@@H](NC(=O)[C@H](CO)NC(=O)OC(C)(C)C)C(C)C. The monoisotopic (exact) mass is 659 g/mol. The van der Waals surface area contributed by atoms with Crippen molar-refractivity contribution in [2.45, 2.75) is 90.6 Å². The minimum Gasteiger partial charge on any atom is -0.463 e. The second-order valence-corrected chi connectivity index (χ2v) is 12.6. The largest absolute Gasteiger partial charge is 0.463 e. The molecular weight excluding hydrogens is 610 g/mol. The van der Waals surface area contributed by atoms with Crippen LogP contribution in [-0.2, 0) is 39.9 Å². The highest BCUT2D eigenvalue weighted by Crippen LogP contribution is 2.17. The van der Waals surface area contributed by atoms with Gasteiger partial charge in [-0.15, -0.1) is 0 Å². The van der Waals surface area contributed by atoms with Crippen molar-refractivity contribution in [3.05, 3.63) is 48.0 Å². The van der Waals surface area contributed by atoms with Crippen LogP contribution in [0, 0.1) is 11.8 Å². The standard InChI is InChI=1S/C33H49N5O9/c1-7-46-26(40)14-13-23(18-22-15-16-34-28(22)41)35-29(42)24(17-21-11-9-8-10-12-21)36-31(44)27(20(2)3)38-30(43)25(19-39)37-32(45)47-33(4,5)6/h8-14,20,22-25,27,39H,7,15-19H2,1-6H3,(H,34,41)(H,35,42)(H,36,44)(H,37,45)(H,38,43)/b14-13+/t22-,23+,24-,25-,27-/m0/s1. The predicted octanol–water partition coefficient (Wildman–Crippen LogP) is 0.871. The number of hydrogen-bond donors (Lipinski definition) is 6. The van der Waals surface area contributed by atoms with Gasteiger partial charge in [0.25, 0.3) is 0 Å². The number of esters is 1. The molecule has 0 aromatic heterocycles. The van der Waals surface area contributed by atoms with Gasteiger partial charge in [-0.25, -0.2) is 9.59 Å². The number of alkyl carbamates (subject to hydrolysis) is 1. The fourth-order valence-electron chi connectivity index (χ4n) is 4.78. The second kappa shape index (κ2) is 18.6. The molecule has 5 atom stereocenters. The molecule has 1 saturated heterocycles. The zero-order valence-electron chi connectivity index (χ0n) is 28.0. The molecule has 0 unspecified atom stereocenters. The molecule has 1 fully saturated rings. The van der Waals surface area contributed by atoms with Crippen molar-refractivity contribution in [1.82, 2.24) is 26.6 Å². The maximum absolute atomic E-state index is 13.8. The van der Waals surface area contributed by atoms with Crippen molar-refractivity contribution in [1.29, 1.82) is 0 Å². The normalized spacial score (nSPS) is 17.2. The van der Waals surface area contributed by atoms with Gasteiger partial charge >= 0.3 is 12.1 Å². The Hall–Kier alpha value is -4.46. The van der Waals surface area contributed by atoms with Gasteiger partial charge in [0, 0.05) is 31.0 Å². The van der Waals surface area contributed by atoms with Crippen LogP contribution in [0.2, 0.25) is 0 Å². The van der Waals surface area contributed by atoms with Crippen molar-refractivity contribution in [2.24, 2.45) is 11.8 Å². The lowest BCUT2D eigenvalue weighted by Crippen LogP contribution is -2.59. The average molecular weight is 660 g/mol. The van der Waals surface area contributed by atoms with Crippen LogP contribution in [0.1, 0.15) is 59.9 Å². The summed E-state index contributed by atoms with van der Waals surface area (Å²) in [5.41, 5.74) is -0.0966. The Morgan fingerprint density at radius 2 is 1.64 bits per heavy atom. The van der Waals surface area contributed by atoms with Crippen LogP contribution in [0.15, 0.2) is 42.5 Å². The molecule has 1 heterocycles. The Balaban J connectivity index is 2.27. The lowest BCUT2D eigenvalue weighted by Gasteiger charge is -2.28. The third-order valence-electron chi connectivity index (χ3n) is 7.13. The number of amides is 5. The second-order valence-electron chi connectivity index (χ2n) is 12.6. The first-order chi connectivity index (χ1) is 22.1. The highest BCUT2D eigenvalue weighted by molar-refractivity contribution is 5.94. The van der Waals surface area contributed by atoms with Gasteiger partial charge in [0.1, 0.15) is 23.7 Å². The quantitative estimate of drug-likeness (QED) is 0.110. The Labute approximate surface area is 275 Å². The van der Waals surface area contributed by atoms with E-state index in [2.05, 4.69) is 26.6 Å². The van der Waals surface area contributed by atoms with Crippen LogP contribution >= 0.6 is 0 Å².